The van der Waals surface area contributed by atoms with Crippen LogP contribution in [0.5, 0.6) is 0 Å². The van der Waals surface area contributed by atoms with Crippen molar-refractivity contribution in [3.63, 3.8) is 0 Å². The molecule has 116 valence electrons. The Hall–Kier alpha value is -2.14. The van der Waals surface area contributed by atoms with Gasteiger partial charge in [-0.25, -0.2) is 9.78 Å². The number of aromatic nitrogens is 1. The van der Waals surface area contributed by atoms with Crippen molar-refractivity contribution >= 4 is 22.6 Å². The van der Waals surface area contributed by atoms with Crippen LogP contribution in [-0.4, -0.2) is 40.4 Å². The minimum Gasteiger partial charge on any atom is -0.478 e. The van der Waals surface area contributed by atoms with Gasteiger partial charge >= 0.3 is 5.97 Å². The Morgan fingerprint density at radius 1 is 1.32 bits per heavy atom. The van der Waals surface area contributed by atoms with Gasteiger partial charge in [-0.1, -0.05) is 6.07 Å². The van der Waals surface area contributed by atoms with E-state index < -0.39 is 5.97 Å². The fraction of sp³-hybridized carbons (Fsp3) is 0.412. The van der Waals surface area contributed by atoms with E-state index >= 15 is 0 Å². The lowest BCUT2D eigenvalue weighted by Crippen LogP contribution is -2.40. The number of pyridine rings is 1. The van der Waals surface area contributed by atoms with E-state index in [9.17, 15) is 15.0 Å². The number of aliphatic hydroxyl groups is 1. The number of piperidine rings is 1. The molecule has 1 aromatic heterocycles. The van der Waals surface area contributed by atoms with Gasteiger partial charge in [-0.3, -0.25) is 0 Å². The topological polar surface area (TPSA) is 73.7 Å². The van der Waals surface area contributed by atoms with E-state index in [1.165, 1.54) is 0 Å². The molecule has 0 amide bonds. The number of carboxylic acids is 1. The van der Waals surface area contributed by atoms with Crippen molar-refractivity contribution in [1.82, 2.24) is 4.98 Å². The summed E-state index contributed by atoms with van der Waals surface area (Å²) < 4.78 is 0. The number of fused-ring (bicyclic) bond motifs is 1. The molecule has 2 N–H and O–H groups in total. The van der Waals surface area contributed by atoms with Gasteiger partial charge in [0.1, 0.15) is 5.82 Å². The molecule has 1 fully saturated rings. The largest absolute Gasteiger partial charge is 0.478 e. The van der Waals surface area contributed by atoms with E-state index in [4.69, 9.17) is 0 Å². The van der Waals surface area contributed by atoms with E-state index in [0.717, 1.165) is 48.8 Å². The second kappa shape index (κ2) is 6.32. The van der Waals surface area contributed by atoms with E-state index in [-0.39, 0.29) is 18.2 Å². The van der Waals surface area contributed by atoms with E-state index in [1.807, 2.05) is 12.1 Å². The Kier molecular flexibility index (Phi) is 4.24. The second-order valence-corrected chi connectivity index (χ2v) is 5.73. The lowest BCUT2D eigenvalue weighted by molar-refractivity contribution is 0.0697. The zero-order valence-electron chi connectivity index (χ0n) is 12.4. The highest BCUT2D eigenvalue weighted by Crippen LogP contribution is 2.31. The first-order valence-corrected chi connectivity index (χ1v) is 7.70. The minimum absolute atomic E-state index is 0.159. The number of aliphatic hydroxyl groups excluding tert-OH is 1. The van der Waals surface area contributed by atoms with Gasteiger partial charge in [-0.15, -0.1) is 0 Å². The summed E-state index contributed by atoms with van der Waals surface area (Å²) in [6.45, 7) is 1.06. The number of hydrogen-bond acceptors (Lipinski definition) is 4. The minimum atomic E-state index is -0.928. The SMILES string of the molecule is O=C(O)c1ccc2ccnc(N3CCCCC3CCO)c2c1. The highest BCUT2D eigenvalue weighted by molar-refractivity contribution is 5.98. The van der Waals surface area contributed by atoms with Gasteiger partial charge in [0, 0.05) is 30.8 Å². The summed E-state index contributed by atoms with van der Waals surface area (Å²) in [5.74, 6) is -0.0963. The standard InChI is InChI=1S/C17H20N2O3/c20-10-7-14-3-1-2-9-19(14)16-15-11-13(17(21)22)5-4-12(15)6-8-18-16/h4-6,8,11,14,20H,1-3,7,9-10H2,(H,21,22). The average molecular weight is 300 g/mol. The van der Waals surface area contributed by atoms with Crippen molar-refractivity contribution in [3.8, 4) is 0 Å². The number of carboxylic acid groups (broad SMARTS) is 1. The summed E-state index contributed by atoms with van der Waals surface area (Å²) in [4.78, 5) is 18.0. The second-order valence-electron chi connectivity index (χ2n) is 5.73. The molecule has 22 heavy (non-hydrogen) atoms. The molecule has 1 unspecified atom stereocenters. The number of hydrogen-bond donors (Lipinski definition) is 2. The Morgan fingerprint density at radius 3 is 2.95 bits per heavy atom. The van der Waals surface area contributed by atoms with Crippen LogP contribution in [0.4, 0.5) is 5.82 Å². The van der Waals surface area contributed by atoms with Gasteiger partial charge in [0.2, 0.25) is 0 Å². The van der Waals surface area contributed by atoms with Crippen molar-refractivity contribution in [2.45, 2.75) is 31.7 Å². The summed E-state index contributed by atoms with van der Waals surface area (Å²) in [5.41, 5.74) is 0.275. The maximum atomic E-state index is 11.2. The number of benzene rings is 1. The number of aromatic carboxylic acids is 1. The van der Waals surface area contributed by atoms with Crippen LogP contribution in [0.1, 0.15) is 36.0 Å². The van der Waals surface area contributed by atoms with E-state index in [2.05, 4.69) is 9.88 Å². The molecule has 1 saturated heterocycles. The van der Waals surface area contributed by atoms with Crippen molar-refractivity contribution in [2.24, 2.45) is 0 Å². The van der Waals surface area contributed by atoms with E-state index in [0.29, 0.717) is 0 Å². The van der Waals surface area contributed by atoms with Crippen LogP contribution in [0.15, 0.2) is 30.5 Å². The van der Waals surface area contributed by atoms with E-state index in [1.54, 1.807) is 18.3 Å². The molecule has 5 nitrogen and oxygen atoms in total. The Balaban J connectivity index is 2.08. The average Bonchev–Trinajstić information content (AvgIpc) is 2.54. The number of nitrogens with zero attached hydrogens (tertiary/aromatic N) is 2. The zero-order valence-corrected chi connectivity index (χ0v) is 12.4. The number of carbonyl (C=O) groups is 1. The molecule has 2 aromatic rings. The first kappa shape index (κ1) is 14.8. The molecule has 1 aromatic carbocycles. The fourth-order valence-corrected chi connectivity index (χ4v) is 3.24. The van der Waals surface area contributed by atoms with Crippen molar-refractivity contribution in [3.05, 3.63) is 36.0 Å². The summed E-state index contributed by atoms with van der Waals surface area (Å²) in [5, 5.41) is 20.4. The maximum absolute atomic E-state index is 11.2. The molecule has 0 bridgehead atoms. The molecule has 2 heterocycles. The van der Waals surface area contributed by atoms with Gasteiger partial charge < -0.3 is 15.1 Å². The maximum Gasteiger partial charge on any atom is 0.335 e. The lowest BCUT2D eigenvalue weighted by atomic mass is 9.98. The van der Waals surface area contributed by atoms with Gasteiger partial charge in [0.25, 0.3) is 0 Å². The lowest BCUT2D eigenvalue weighted by Gasteiger charge is -2.37. The van der Waals surface area contributed by atoms with Crippen LogP contribution in [0.2, 0.25) is 0 Å². The molecule has 0 saturated carbocycles. The molecular formula is C17H20N2O3. The Labute approximate surface area is 129 Å². The Bertz CT molecular complexity index is 685. The molecule has 0 radical (unpaired) electrons. The molecule has 1 aliphatic heterocycles. The molecule has 1 aliphatic rings. The monoisotopic (exact) mass is 300 g/mol. The molecule has 0 spiro atoms. The van der Waals surface area contributed by atoms with Gasteiger partial charge in [0.15, 0.2) is 0 Å². The summed E-state index contributed by atoms with van der Waals surface area (Å²) in [6.07, 6.45) is 5.78. The first-order valence-electron chi connectivity index (χ1n) is 7.70. The molecular weight excluding hydrogens is 280 g/mol. The summed E-state index contributed by atoms with van der Waals surface area (Å²) >= 11 is 0. The Morgan fingerprint density at radius 2 is 2.18 bits per heavy atom. The van der Waals surface area contributed by atoms with Crippen LogP contribution < -0.4 is 4.90 Å². The van der Waals surface area contributed by atoms with Crippen molar-refractivity contribution < 1.29 is 15.0 Å². The van der Waals surface area contributed by atoms with Crippen LogP contribution in [0.25, 0.3) is 10.8 Å². The van der Waals surface area contributed by atoms with Gasteiger partial charge in [0.05, 0.1) is 5.56 Å². The molecule has 3 rings (SSSR count). The highest BCUT2D eigenvalue weighted by Gasteiger charge is 2.24. The predicted octanol–water partition coefficient (Wildman–Crippen LogP) is 2.67. The third-order valence-corrected chi connectivity index (χ3v) is 4.35. The fourth-order valence-electron chi connectivity index (χ4n) is 3.24. The van der Waals surface area contributed by atoms with Crippen LogP contribution >= 0.6 is 0 Å². The molecule has 5 heteroatoms. The van der Waals surface area contributed by atoms with Crippen molar-refractivity contribution in [2.75, 3.05) is 18.1 Å². The molecule has 1 atom stereocenters. The van der Waals surface area contributed by atoms with Gasteiger partial charge in [-0.2, -0.15) is 0 Å². The highest BCUT2D eigenvalue weighted by atomic mass is 16.4. The summed E-state index contributed by atoms with van der Waals surface area (Å²) in [7, 11) is 0. The normalized spacial score (nSPS) is 18.6. The predicted molar refractivity (Wildman–Crippen MR) is 85.4 cm³/mol. The van der Waals surface area contributed by atoms with Crippen molar-refractivity contribution in [1.29, 1.82) is 0 Å². The third-order valence-electron chi connectivity index (χ3n) is 4.35. The third kappa shape index (κ3) is 2.76. The first-order chi connectivity index (χ1) is 10.7. The van der Waals surface area contributed by atoms with Crippen LogP contribution in [-0.2, 0) is 0 Å². The number of anilines is 1. The smallest absolute Gasteiger partial charge is 0.335 e. The van der Waals surface area contributed by atoms with Gasteiger partial charge in [-0.05, 0) is 49.3 Å². The zero-order chi connectivity index (χ0) is 15.5. The van der Waals surface area contributed by atoms with Crippen LogP contribution in [0, 0.1) is 0 Å². The van der Waals surface area contributed by atoms with Crippen LogP contribution in [0.3, 0.4) is 0 Å². The molecule has 0 aliphatic carbocycles. The quantitative estimate of drug-likeness (QED) is 0.908. The summed E-state index contributed by atoms with van der Waals surface area (Å²) in [6, 6.07) is 7.32. The number of rotatable bonds is 4.